The minimum absolute atomic E-state index is 0.250. The van der Waals surface area contributed by atoms with Gasteiger partial charge in [0.1, 0.15) is 0 Å². The zero-order valence-corrected chi connectivity index (χ0v) is 18.6. The SMILES string of the molecule is Cc1ccc(C(=O)CN2C(=O)S/C(=C\c3cn(CC(C)C)c4ccccc34)C2=O)cc1. The standard InChI is InChI=1S/C25H24N2O3S/c1-16(2)13-26-14-19(20-6-4-5-7-21(20)26)12-23-24(29)27(25(30)31-23)15-22(28)18-10-8-17(3)9-11-18/h4-12,14,16H,13,15H2,1-3H3/b23-12-. The van der Waals surface area contributed by atoms with Crippen LogP contribution >= 0.6 is 11.8 Å². The van der Waals surface area contributed by atoms with Crippen molar-refractivity contribution in [3.05, 3.63) is 76.3 Å². The molecule has 1 aromatic heterocycles. The fourth-order valence-electron chi connectivity index (χ4n) is 3.69. The van der Waals surface area contributed by atoms with Gasteiger partial charge in [0.05, 0.1) is 11.4 Å². The first-order valence-electron chi connectivity index (χ1n) is 10.3. The monoisotopic (exact) mass is 432 g/mol. The number of nitrogens with zero attached hydrogens (tertiary/aromatic N) is 2. The number of aryl methyl sites for hydroxylation is 1. The molecule has 3 aromatic rings. The third-order valence-electron chi connectivity index (χ3n) is 5.22. The molecular formula is C25H24N2O3S. The number of thioether (sulfide) groups is 1. The van der Waals surface area contributed by atoms with Crippen molar-refractivity contribution in [2.24, 2.45) is 5.92 Å². The minimum atomic E-state index is -0.420. The summed E-state index contributed by atoms with van der Waals surface area (Å²) in [5.74, 6) is -0.197. The number of ketones is 1. The Balaban J connectivity index is 1.60. The molecule has 0 atom stereocenters. The maximum Gasteiger partial charge on any atom is 0.293 e. The number of para-hydroxylation sites is 1. The van der Waals surface area contributed by atoms with Crippen LogP contribution in [0.3, 0.4) is 0 Å². The van der Waals surface area contributed by atoms with E-state index in [1.165, 1.54) is 0 Å². The molecule has 0 bridgehead atoms. The van der Waals surface area contributed by atoms with Gasteiger partial charge in [0.15, 0.2) is 5.78 Å². The number of carbonyl (C=O) groups excluding carboxylic acids is 3. The lowest BCUT2D eigenvalue weighted by molar-refractivity contribution is -0.122. The second-order valence-corrected chi connectivity index (χ2v) is 9.20. The van der Waals surface area contributed by atoms with E-state index >= 15 is 0 Å². The van der Waals surface area contributed by atoms with Gasteiger partial charge >= 0.3 is 0 Å². The Morgan fingerprint density at radius 2 is 1.77 bits per heavy atom. The Hall–Kier alpha value is -3.12. The van der Waals surface area contributed by atoms with Crippen LogP contribution in [-0.2, 0) is 11.3 Å². The van der Waals surface area contributed by atoms with E-state index in [4.69, 9.17) is 0 Å². The number of carbonyl (C=O) groups is 3. The molecule has 2 heterocycles. The second kappa shape index (κ2) is 8.55. The number of benzene rings is 2. The maximum absolute atomic E-state index is 12.9. The highest BCUT2D eigenvalue weighted by atomic mass is 32.2. The summed E-state index contributed by atoms with van der Waals surface area (Å²) in [4.78, 5) is 39.4. The Kier molecular flexibility index (Phi) is 5.83. The summed E-state index contributed by atoms with van der Waals surface area (Å²) in [7, 11) is 0. The fraction of sp³-hybridized carbons (Fsp3) is 0.240. The number of rotatable bonds is 6. The van der Waals surface area contributed by atoms with E-state index in [0.717, 1.165) is 45.2 Å². The zero-order valence-electron chi connectivity index (χ0n) is 17.8. The summed E-state index contributed by atoms with van der Waals surface area (Å²) >= 11 is 0.885. The molecule has 0 aliphatic carbocycles. The predicted octanol–water partition coefficient (Wildman–Crippen LogP) is 5.52. The van der Waals surface area contributed by atoms with E-state index in [0.29, 0.717) is 16.4 Å². The van der Waals surface area contributed by atoms with Crippen molar-refractivity contribution in [1.82, 2.24) is 9.47 Å². The minimum Gasteiger partial charge on any atom is -0.347 e. The average Bonchev–Trinajstić information content (AvgIpc) is 3.20. The van der Waals surface area contributed by atoms with Crippen LogP contribution in [0, 0.1) is 12.8 Å². The van der Waals surface area contributed by atoms with Crippen LogP contribution < -0.4 is 0 Å². The molecular weight excluding hydrogens is 408 g/mol. The van der Waals surface area contributed by atoms with E-state index < -0.39 is 11.1 Å². The van der Waals surface area contributed by atoms with E-state index in [2.05, 4.69) is 24.5 Å². The number of imide groups is 1. The van der Waals surface area contributed by atoms with Crippen LogP contribution in [0.1, 0.15) is 35.3 Å². The lowest BCUT2D eigenvalue weighted by Crippen LogP contribution is -2.33. The van der Waals surface area contributed by atoms with E-state index in [1.54, 1.807) is 18.2 Å². The maximum atomic E-state index is 12.9. The number of hydrogen-bond donors (Lipinski definition) is 0. The number of hydrogen-bond acceptors (Lipinski definition) is 4. The van der Waals surface area contributed by atoms with Gasteiger partial charge in [-0.15, -0.1) is 0 Å². The van der Waals surface area contributed by atoms with Crippen LogP contribution in [0.15, 0.2) is 59.6 Å². The van der Waals surface area contributed by atoms with Crippen molar-refractivity contribution in [3.63, 3.8) is 0 Å². The Morgan fingerprint density at radius 3 is 2.48 bits per heavy atom. The molecule has 6 heteroatoms. The molecule has 0 unspecified atom stereocenters. The predicted molar refractivity (Wildman–Crippen MR) is 125 cm³/mol. The van der Waals surface area contributed by atoms with Crippen molar-refractivity contribution in [2.45, 2.75) is 27.3 Å². The topological polar surface area (TPSA) is 59.4 Å². The van der Waals surface area contributed by atoms with Crippen LogP contribution in [0.25, 0.3) is 17.0 Å². The third kappa shape index (κ3) is 4.35. The first-order chi connectivity index (χ1) is 14.8. The molecule has 0 N–H and O–H groups in total. The van der Waals surface area contributed by atoms with Crippen LogP contribution in [0.2, 0.25) is 0 Å². The number of fused-ring (bicyclic) bond motifs is 1. The normalized spacial score (nSPS) is 15.6. The third-order valence-corrected chi connectivity index (χ3v) is 6.12. The number of Topliss-reactive ketones (excluding diaryl/α,β-unsaturated/α-hetero) is 1. The molecule has 2 amide bonds. The zero-order chi connectivity index (χ0) is 22.1. The summed E-state index contributed by atoms with van der Waals surface area (Å²) in [6.45, 7) is 6.87. The lowest BCUT2D eigenvalue weighted by Gasteiger charge is -2.11. The summed E-state index contributed by atoms with van der Waals surface area (Å²) in [6.07, 6.45) is 3.79. The van der Waals surface area contributed by atoms with E-state index in [-0.39, 0.29) is 12.3 Å². The van der Waals surface area contributed by atoms with Gasteiger partial charge < -0.3 is 4.57 Å². The average molecular weight is 433 g/mol. The van der Waals surface area contributed by atoms with Gasteiger partial charge in [-0.1, -0.05) is 61.9 Å². The van der Waals surface area contributed by atoms with Crippen LogP contribution in [0.5, 0.6) is 0 Å². The highest BCUT2D eigenvalue weighted by Crippen LogP contribution is 2.34. The Labute approximate surface area is 185 Å². The van der Waals surface area contributed by atoms with Gasteiger partial charge in [0.2, 0.25) is 0 Å². The van der Waals surface area contributed by atoms with Gasteiger partial charge in [-0.3, -0.25) is 19.3 Å². The summed E-state index contributed by atoms with van der Waals surface area (Å²) in [5.41, 5.74) is 3.52. The van der Waals surface area contributed by atoms with Gasteiger partial charge in [-0.2, -0.15) is 0 Å². The number of amides is 2. The van der Waals surface area contributed by atoms with Gasteiger partial charge in [-0.25, -0.2) is 0 Å². The molecule has 1 aliphatic rings. The van der Waals surface area contributed by atoms with Gasteiger partial charge in [0, 0.05) is 34.8 Å². The largest absolute Gasteiger partial charge is 0.347 e. The van der Waals surface area contributed by atoms with Crippen molar-refractivity contribution in [1.29, 1.82) is 0 Å². The van der Waals surface area contributed by atoms with E-state index in [1.807, 2.05) is 43.5 Å². The van der Waals surface area contributed by atoms with Crippen molar-refractivity contribution >= 4 is 45.7 Å². The molecule has 4 rings (SSSR count). The molecule has 1 saturated heterocycles. The summed E-state index contributed by atoms with van der Waals surface area (Å²) in [6, 6.07) is 15.1. The van der Waals surface area contributed by atoms with Crippen LogP contribution in [-0.4, -0.2) is 32.9 Å². The Morgan fingerprint density at radius 1 is 1.06 bits per heavy atom. The van der Waals surface area contributed by atoms with E-state index in [9.17, 15) is 14.4 Å². The molecule has 1 fully saturated rings. The van der Waals surface area contributed by atoms with Crippen molar-refractivity contribution in [3.8, 4) is 0 Å². The lowest BCUT2D eigenvalue weighted by atomic mass is 10.1. The second-order valence-electron chi connectivity index (χ2n) is 8.20. The van der Waals surface area contributed by atoms with Gasteiger partial charge in [-0.05, 0) is 36.7 Å². The van der Waals surface area contributed by atoms with Crippen LogP contribution in [0.4, 0.5) is 4.79 Å². The molecule has 158 valence electrons. The molecule has 31 heavy (non-hydrogen) atoms. The smallest absolute Gasteiger partial charge is 0.293 e. The Bertz CT molecular complexity index is 1210. The quantitative estimate of drug-likeness (QED) is 0.380. The van der Waals surface area contributed by atoms with Crippen molar-refractivity contribution < 1.29 is 14.4 Å². The molecule has 0 spiro atoms. The molecule has 2 aromatic carbocycles. The molecule has 0 radical (unpaired) electrons. The first-order valence-corrected chi connectivity index (χ1v) is 11.1. The molecule has 5 nitrogen and oxygen atoms in total. The van der Waals surface area contributed by atoms with Crippen molar-refractivity contribution in [2.75, 3.05) is 6.54 Å². The highest BCUT2D eigenvalue weighted by Gasteiger charge is 2.36. The fourth-order valence-corrected chi connectivity index (χ4v) is 4.52. The summed E-state index contributed by atoms with van der Waals surface area (Å²) < 4.78 is 2.18. The molecule has 0 saturated carbocycles. The molecule has 1 aliphatic heterocycles. The summed E-state index contributed by atoms with van der Waals surface area (Å²) in [5, 5.41) is 0.619. The number of aromatic nitrogens is 1. The first kappa shape index (κ1) is 21.1. The van der Waals surface area contributed by atoms with Gasteiger partial charge in [0.25, 0.3) is 11.1 Å². The highest BCUT2D eigenvalue weighted by molar-refractivity contribution is 8.18.